The summed E-state index contributed by atoms with van der Waals surface area (Å²) in [6.45, 7) is 3.01. The van der Waals surface area contributed by atoms with Crippen LogP contribution in [0.25, 0.3) is 0 Å². The fourth-order valence-electron chi connectivity index (χ4n) is 2.53. The first-order chi connectivity index (χ1) is 11.2. The lowest BCUT2D eigenvalue weighted by Crippen LogP contribution is -2.41. The van der Waals surface area contributed by atoms with Gasteiger partial charge >= 0.3 is 0 Å². The maximum Gasteiger partial charge on any atom is 0.224 e. The number of nitrogens with one attached hydrogen (secondary N) is 1. The van der Waals surface area contributed by atoms with Gasteiger partial charge in [0.2, 0.25) is 5.91 Å². The molecule has 0 unspecified atom stereocenters. The Morgan fingerprint density at radius 3 is 2.52 bits per heavy atom. The molecule has 1 N–H and O–H groups in total. The number of carbonyl (C=O) groups is 1. The van der Waals surface area contributed by atoms with Crippen LogP contribution in [-0.2, 0) is 17.6 Å². The van der Waals surface area contributed by atoms with E-state index in [0.717, 1.165) is 23.5 Å². The molecule has 23 heavy (non-hydrogen) atoms. The molecule has 2 aromatic carbocycles. The van der Waals surface area contributed by atoms with Gasteiger partial charge in [0.05, 0.1) is 13.0 Å². The van der Waals surface area contributed by atoms with Gasteiger partial charge in [0.1, 0.15) is 12.7 Å². The number of hydrogen-bond donors (Lipinski definition) is 1. The van der Waals surface area contributed by atoms with Crippen LogP contribution in [0.2, 0.25) is 0 Å². The zero-order valence-corrected chi connectivity index (χ0v) is 13.2. The van der Waals surface area contributed by atoms with Crippen molar-refractivity contribution < 1.29 is 14.3 Å². The van der Waals surface area contributed by atoms with Crippen molar-refractivity contribution in [2.24, 2.45) is 0 Å². The molecule has 1 aliphatic rings. The van der Waals surface area contributed by atoms with E-state index in [1.807, 2.05) is 36.4 Å². The van der Waals surface area contributed by atoms with Gasteiger partial charge in [-0.25, -0.2) is 0 Å². The molecule has 0 saturated carbocycles. The normalized spacial score (nSPS) is 16.0. The highest BCUT2D eigenvalue weighted by Gasteiger charge is 2.20. The highest BCUT2D eigenvalue weighted by Crippen LogP contribution is 2.30. The molecule has 0 bridgehead atoms. The highest BCUT2D eigenvalue weighted by molar-refractivity contribution is 5.78. The van der Waals surface area contributed by atoms with E-state index < -0.39 is 0 Å². The molecule has 120 valence electrons. The summed E-state index contributed by atoms with van der Waals surface area (Å²) in [5.74, 6) is 1.48. The van der Waals surface area contributed by atoms with Gasteiger partial charge in [-0.1, -0.05) is 43.3 Å². The van der Waals surface area contributed by atoms with E-state index in [0.29, 0.717) is 19.6 Å². The highest BCUT2D eigenvalue weighted by atomic mass is 16.6. The summed E-state index contributed by atoms with van der Waals surface area (Å²) in [6, 6.07) is 15.7. The van der Waals surface area contributed by atoms with Gasteiger partial charge in [-0.05, 0) is 29.7 Å². The number of carbonyl (C=O) groups excluding carboxylic acids is 1. The number of amides is 1. The number of benzene rings is 2. The molecule has 0 radical (unpaired) electrons. The average Bonchev–Trinajstić information content (AvgIpc) is 2.60. The largest absolute Gasteiger partial charge is 0.486 e. The Morgan fingerprint density at radius 1 is 1.09 bits per heavy atom. The molecule has 0 spiro atoms. The third-order valence-electron chi connectivity index (χ3n) is 3.89. The van der Waals surface area contributed by atoms with Crippen LogP contribution in [0.1, 0.15) is 18.1 Å². The topological polar surface area (TPSA) is 47.6 Å². The maximum absolute atomic E-state index is 12.0. The van der Waals surface area contributed by atoms with E-state index in [1.54, 1.807) is 0 Å². The SMILES string of the molecule is CCc1ccc(CC(=O)NC[C@H]2COc3ccccc3O2)cc1. The first-order valence-corrected chi connectivity index (χ1v) is 7.97. The van der Waals surface area contributed by atoms with E-state index >= 15 is 0 Å². The van der Waals surface area contributed by atoms with E-state index in [2.05, 4.69) is 24.4 Å². The summed E-state index contributed by atoms with van der Waals surface area (Å²) in [7, 11) is 0. The monoisotopic (exact) mass is 311 g/mol. The zero-order chi connectivity index (χ0) is 16.1. The van der Waals surface area contributed by atoms with Crippen molar-refractivity contribution in [1.82, 2.24) is 5.32 Å². The predicted molar refractivity (Wildman–Crippen MR) is 88.9 cm³/mol. The van der Waals surface area contributed by atoms with Crippen LogP contribution in [0.5, 0.6) is 11.5 Å². The molecule has 0 aromatic heterocycles. The second kappa shape index (κ2) is 7.18. The van der Waals surface area contributed by atoms with Gasteiger partial charge in [-0.15, -0.1) is 0 Å². The van der Waals surface area contributed by atoms with Crippen molar-refractivity contribution in [2.75, 3.05) is 13.2 Å². The maximum atomic E-state index is 12.0. The lowest BCUT2D eigenvalue weighted by atomic mass is 10.1. The van der Waals surface area contributed by atoms with Gasteiger partial charge in [0, 0.05) is 0 Å². The van der Waals surface area contributed by atoms with Crippen molar-refractivity contribution >= 4 is 5.91 Å². The Hall–Kier alpha value is -2.49. The summed E-state index contributed by atoms with van der Waals surface area (Å²) in [4.78, 5) is 12.0. The molecule has 1 heterocycles. The Morgan fingerprint density at radius 2 is 1.78 bits per heavy atom. The third-order valence-corrected chi connectivity index (χ3v) is 3.89. The van der Waals surface area contributed by atoms with Gasteiger partial charge < -0.3 is 14.8 Å². The molecular weight excluding hydrogens is 290 g/mol. The molecule has 1 amide bonds. The fourth-order valence-corrected chi connectivity index (χ4v) is 2.53. The number of rotatable bonds is 5. The minimum atomic E-state index is -0.156. The average molecular weight is 311 g/mol. The quantitative estimate of drug-likeness (QED) is 0.923. The molecule has 1 aliphatic heterocycles. The van der Waals surface area contributed by atoms with Crippen LogP contribution in [-0.4, -0.2) is 25.2 Å². The van der Waals surface area contributed by atoms with Gasteiger partial charge in [0.15, 0.2) is 11.5 Å². The minimum absolute atomic E-state index is 0.00305. The van der Waals surface area contributed by atoms with Crippen molar-refractivity contribution in [3.05, 3.63) is 59.7 Å². The van der Waals surface area contributed by atoms with Crippen molar-refractivity contribution in [1.29, 1.82) is 0 Å². The number of fused-ring (bicyclic) bond motifs is 1. The van der Waals surface area contributed by atoms with Crippen LogP contribution >= 0.6 is 0 Å². The lowest BCUT2D eigenvalue weighted by molar-refractivity contribution is -0.120. The summed E-state index contributed by atoms with van der Waals surface area (Å²) in [6.07, 6.45) is 1.23. The summed E-state index contributed by atoms with van der Waals surface area (Å²) in [5.41, 5.74) is 2.30. The Labute approximate surface area is 136 Å². The number of aryl methyl sites for hydroxylation is 1. The van der Waals surface area contributed by atoms with E-state index in [4.69, 9.17) is 9.47 Å². The molecule has 4 heteroatoms. The summed E-state index contributed by atoms with van der Waals surface area (Å²) < 4.78 is 11.5. The molecule has 0 fully saturated rings. The molecular formula is C19H21NO3. The molecule has 4 nitrogen and oxygen atoms in total. The predicted octanol–water partition coefficient (Wildman–Crippen LogP) is 2.75. The summed E-state index contributed by atoms with van der Waals surface area (Å²) in [5, 5.41) is 2.92. The first-order valence-electron chi connectivity index (χ1n) is 7.97. The van der Waals surface area contributed by atoms with Crippen LogP contribution in [0.4, 0.5) is 0 Å². The Kier molecular flexibility index (Phi) is 4.81. The zero-order valence-electron chi connectivity index (χ0n) is 13.2. The van der Waals surface area contributed by atoms with Crippen molar-refractivity contribution in [3.8, 4) is 11.5 Å². The molecule has 0 saturated heterocycles. The molecule has 1 atom stereocenters. The van der Waals surface area contributed by atoms with Crippen LogP contribution in [0, 0.1) is 0 Å². The van der Waals surface area contributed by atoms with E-state index in [-0.39, 0.29) is 12.0 Å². The fraction of sp³-hybridized carbons (Fsp3) is 0.316. The van der Waals surface area contributed by atoms with Crippen molar-refractivity contribution in [2.45, 2.75) is 25.9 Å². The molecule has 0 aliphatic carbocycles. The Bertz CT molecular complexity index is 667. The van der Waals surface area contributed by atoms with E-state index in [9.17, 15) is 4.79 Å². The number of para-hydroxylation sites is 2. The van der Waals surface area contributed by atoms with Crippen molar-refractivity contribution in [3.63, 3.8) is 0 Å². The smallest absolute Gasteiger partial charge is 0.224 e. The standard InChI is InChI=1S/C19H21NO3/c1-2-14-7-9-15(10-8-14)11-19(21)20-12-16-13-22-17-5-3-4-6-18(17)23-16/h3-10,16H,2,11-13H2,1H3,(H,20,21)/t16-/m0/s1. The van der Waals surface area contributed by atoms with Crippen LogP contribution < -0.4 is 14.8 Å². The van der Waals surface area contributed by atoms with Gasteiger partial charge in [-0.3, -0.25) is 4.79 Å². The summed E-state index contributed by atoms with van der Waals surface area (Å²) >= 11 is 0. The van der Waals surface area contributed by atoms with E-state index in [1.165, 1.54) is 5.56 Å². The second-order valence-corrected chi connectivity index (χ2v) is 5.65. The Balaban J connectivity index is 1.47. The molecule has 2 aromatic rings. The number of ether oxygens (including phenoxy) is 2. The number of hydrogen-bond acceptors (Lipinski definition) is 3. The first kappa shape index (κ1) is 15.4. The lowest BCUT2D eigenvalue weighted by Gasteiger charge is -2.26. The minimum Gasteiger partial charge on any atom is -0.486 e. The third kappa shape index (κ3) is 4.03. The molecule has 3 rings (SSSR count). The van der Waals surface area contributed by atoms with Crippen LogP contribution in [0.3, 0.4) is 0 Å². The van der Waals surface area contributed by atoms with Gasteiger partial charge in [0.25, 0.3) is 0 Å². The second-order valence-electron chi connectivity index (χ2n) is 5.65. The van der Waals surface area contributed by atoms with Crippen LogP contribution in [0.15, 0.2) is 48.5 Å². The van der Waals surface area contributed by atoms with Gasteiger partial charge in [-0.2, -0.15) is 0 Å².